The molecule has 7 heteroatoms. The molecule has 1 fully saturated rings. The molecule has 1 aromatic heterocycles. The van der Waals surface area contributed by atoms with Crippen LogP contribution in [0.5, 0.6) is 0 Å². The number of amides is 3. The molecule has 0 saturated heterocycles. The van der Waals surface area contributed by atoms with Crippen LogP contribution >= 0.6 is 0 Å². The van der Waals surface area contributed by atoms with Crippen molar-refractivity contribution in [3.8, 4) is 0 Å². The Hall–Kier alpha value is -2.67. The normalized spacial score (nSPS) is 20.0. The van der Waals surface area contributed by atoms with Gasteiger partial charge in [0.1, 0.15) is 0 Å². The van der Waals surface area contributed by atoms with Crippen LogP contribution in [0.4, 0.5) is 10.5 Å². The van der Waals surface area contributed by atoms with Crippen LogP contribution in [0.25, 0.3) is 10.9 Å². The van der Waals surface area contributed by atoms with E-state index in [1.54, 1.807) is 12.3 Å². The lowest BCUT2D eigenvalue weighted by atomic mass is 9.93. The summed E-state index contributed by atoms with van der Waals surface area (Å²) in [7, 11) is 0. The largest absolute Gasteiger partial charge is 0.393 e. The van der Waals surface area contributed by atoms with E-state index in [1.807, 2.05) is 24.3 Å². The Bertz CT molecular complexity index is 752. The molecule has 1 aromatic carbocycles. The predicted octanol–water partition coefficient (Wildman–Crippen LogP) is 1.78. The van der Waals surface area contributed by atoms with Gasteiger partial charge in [0, 0.05) is 17.6 Å². The number of aromatic nitrogens is 1. The monoisotopic (exact) mass is 342 g/mol. The molecule has 4 N–H and O–H groups in total. The fourth-order valence-electron chi connectivity index (χ4n) is 3.02. The first-order valence-electron chi connectivity index (χ1n) is 8.48. The number of rotatable bonds is 4. The molecule has 3 amide bonds. The number of carbonyl (C=O) groups excluding carboxylic acids is 2. The van der Waals surface area contributed by atoms with E-state index >= 15 is 0 Å². The van der Waals surface area contributed by atoms with Gasteiger partial charge in [-0.2, -0.15) is 0 Å². The summed E-state index contributed by atoms with van der Waals surface area (Å²) in [5, 5.41) is 18.5. The van der Waals surface area contributed by atoms with Crippen molar-refractivity contribution < 1.29 is 14.7 Å². The van der Waals surface area contributed by atoms with Gasteiger partial charge >= 0.3 is 6.03 Å². The lowest BCUT2D eigenvalue weighted by Crippen LogP contribution is -2.46. The minimum absolute atomic E-state index is 0.0515. The predicted molar refractivity (Wildman–Crippen MR) is 95.2 cm³/mol. The highest BCUT2D eigenvalue weighted by Crippen LogP contribution is 2.21. The maximum absolute atomic E-state index is 12.1. The molecule has 0 bridgehead atoms. The van der Waals surface area contributed by atoms with Crippen LogP contribution in [0.2, 0.25) is 0 Å². The standard InChI is InChI=1S/C18H22N4O3/c23-13-8-6-12(7-9-13)21-18(25)20-11-17(24)22-16-5-1-4-15-14(16)3-2-10-19-15/h1-5,10,12-13,23H,6-9,11H2,(H,22,24)(H2,20,21,25). The average Bonchev–Trinajstić information content (AvgIpc) is 2.62. The summed E-state index contributed by atoms with van der Waals surface area (Å²) in [4.78, 5) is 28.2. The minimum atomic E-state index is -0.365. The summed E-state index contributed by atoms with van der Waals surface area (Å²) in [5.41, 5.74) is 1.46. The number of aliphatic hydroxyl groups excluding tert-OH is 1. The smallest absolute Gasteiger partial charge is 0.315 e. The highest BCUT2D eigenvalue weighted by molar-refractivity contribution is 6.02. The second kappa shape index (κ2) is 7.94. The van der Waals surface area contributed by atoms with Crippen molar-refractivity contribution >= 4 is 28.5 Å². The number of nitrogens with one attached hydrogen (secondary N) is 3. The van der Waals surface area contributed by atoms with E-state index < -0.39 is 0 Å². The van der Waals surface area contributed by atoms with Crippen LogP contribution in [-0.4, -0.2) is 40.7 Å². The fraction of sp³-hybridized carbons (Fsp3) is 0.389. The molecule has 0 atom stereocenters. The van der Waals surface area contributed by atoms with Crippen molar-refractivity contribution in [2.45, 2.75) is 37.8 Å². The zero-order chi connectivity index (χ0) is 17.6. The molecule has 0 spiro atoms. The summed E-state index contributed by atoms with van der Waals surface area (Å²) in [5.74, 6) is -0.300. The summed E-state index contributed by atoms with van der Waals surface area (Å²) >= 11 is 0. The van der Waals surface area contributed by atoms with Crippen LogP contribution in [0, 0.1) is 0 Å². The van der Waals surface area contributed by atoms with Crippen molar-refractivity contribution in [3.63, 3.8) is 0 Å². The molecule has 7 nitrogen and oxygen atoms in total. The van der Waals surface area contributed by atoms with Gasteiger partial charge in [-0.05, 0) is 49.9 Å². The Kier molecular flexibility index (Phi) is 5.45. The van der Waals surface area contributed by atoms with Gasteiger partial charge < -0.3 is 21.1 Å². The molecule has 1 aliphatic rings. The Morgan fingerprint density at radius 2 is 1.92 bits per heavy atom. The summed E-state index contributed by atoms with van der Waals surface area (Å²) < 4.78 is 0. The van der Waals surface area contributed by atoms with Crippen LogP contribution in [0.15, 0.2) is 36.5 Å². The van der Waals surface area contributed by atoms with Gasteiger partial charge in [-0.25, -0.2) is 4.79 Å². The maximum Gasteiger partial charge on any atom is 0.315 e. The Balaban J connectivity index is 1.48. The van der Waals surface area contributed by atoms with E-state index in [9.17, 15) is 14.7 Å². The summed E-state index contributed by atoms with van der Waals surface area (Å²) in [6, 6.07) is 8.88. The van der Waals surface area contributed by atoms with Crippen LogP contribution in [-0.2, 0) is 4.79 Å². The zero-order valence-electron chi connectivity index (χ0n) is 13.9. The molecular formula is C18H22N4O3. The second-order valence-electron chi connectivity index (χ2n) is 6.26. The third kappa shape index (κ3) is 4.67. The quantitative estimate of drug-likeness (QED) is 0.680. The van der Waals surface area contributed by atoms with E-state index in [-0.39, 0.29) is 30.6 Å². The van der Waals surface area contributed by atoms with Crippen LogP contribution < -0.4 is 16.0 Å². The number of nitrogens with zero attached hydrogens (tertiary/aromatic N) is 1. The molecule has 1 saturated carbocycles. The third-order valence-electron chi connectivity index (χ3n) is 4.36. The van der Waals surface area contributed by atoms with Gasteiger partial charge in [-0.15, -0.1) is 0 Å². The van der Waals surface area contributed by atoms with Crippen LogP contribution in [0.1, 0.15) is 25.7 Å². The van der Waals surface area contributed by atoms with Crippen molar-refractivity contribution in [1.29, 1.82) is 0 Å². The Morgan fingerprint density at radius 1 is 1.12 bits per heavy atom. The average molecular weight is 342 g/mol. The molecular weight excluding hydrogens is 320 g/mol. The molecule has 0 unspecified atom stereocenters. The van der Waals surface area contributed by atoms with Crippen molar-refractivity contribution in [3.05, 3.63) is 36.5 Å². The van der Waals surface area contributed by atoms with Crippen molar-refractivity contribution in [2.24, 2.45) is 0 Å². The molecule has 2 aromatic rings. The molecule has 1 aliphatic carbocycles. The lowest BCUT2D eigenvalue weighted by molar-refractivity contribution is -0.115. The topological polar surface area (TPSA) is 103 Å². The summed E-state index contributed by atoms with van der Waals surface area (Å²) in [6.07, 6.45) is 4.33. The van der Waals surface area contributed by atoms with Gasteiger partial charge in [-0.3, -0.25) is 9.78 Å². The highest BCUT2D eigenvalue weighted by Gasteiger charge is 2.20. The first-order valence-corrected chi connectivity index (χ1v) is 8.48. The number of carbonyl (C=O) groups is 2. The maximum atomic E-state index is 12.1. The number of hydrogen-bond donors (Lipinski definition) is 4. The number of benzene rings is 1. The lowest BCUT2D eigenvalue weighted by Gasteiger charge is -2.26. The Labute approximate surface area is 145 Å². The van der Waals surface area contributed by atoms with Gasteiger partial charge in [-0.1, -0.05) is 6.07 Å². The molecule has 25 heavy (non-hydrogen) atoms. The number of anilines is 1. The van der Waals surface area contributed by atoms with Gasteiger partial charge in [0.25, 0.3) is 0 Å². The first-order chi connectivity index (χ1) is 12.1. The van der Waals surface area contributed by atoms with Gasteiger partial charge in [0.15, 0.2) is 0 Å². The third-order valence-corrected chi connectivity index (χ3v) is 4.36. The minimum Gasteiger partial charge on any atom is -0.393 e. The zero-order valence-corrected chi connectivity index (χ0v) is 13.9. The van der Waals surface area contributed by atoms with Crippen LogP contribution in [0.3, 0.4) is 0 Å². The van der Waals surface area contributed by atoms with E-state index in [0.29, 0.717) is 18.5 Å². The molecule has 1 heterocycles. The molecule has 3 rings (SSSR count). The molecule has 0 radical (unpaired) electrons. The second-order valence-corrected chi connectivity index (χ2v) is 6.26. The Morgan fingerprint density at radius 3 is 2.72 bits per heavy atom. The number of hydrogen-bond acceptors (Lipinski definition) is 4. The van der Waals surface area contributed by atoms with E-state index in [1.165, 1.54) is 0 Å². The van der Waals surface area contributed by atoms with E-state index in [4.69, 9.17) is 0 Å². The van der Waals surface area contributed by atoms with Crippen molar-refractivity contribution in [1.82, 2.24) is 15.6 Å². The van der Waals surface area contributed by atoms with E-state index in [2.05, 4.69) is 20.9 Å². The van der Waals surface area contributed by atoms with E-state index in [0.717, 1.165) is 23.7 Å². The highest BCUT2D eigenvalue weighted by atomic mass is 16.3. The number of fused-ring (bicyclic) bond motifs is 1. The van der Waals surface area contributed by atoms with Crippen molar-refractivity contribution in [2.75, 3.05) is 11.9 Å². The summed E-state index contributed by atoms with van der Waals surface area (Å²) in [6.45, 7) is -0.113. The number of aliphatic hydroxyl groups is 1. The molecule has 0 aliphatic heterocycles. The fourth-order valence-corrected chi connectivity index (χ4v) is 3.02. The SMILES string of the molecule is O=C(CNC(=O)NC1CCC(O)CC1)Nc1cccc2ncccc12. The van der Waals surface area contributed by atoms with Gasteiger partial charge in [0.05, 0.1) is 23.9 Å². The number of pyridine rings is 1. The number of urea groups is 1. The molecule has 132 valence electrons. The first kappa shape index (κ1) is 17.2. The van der Waals surface area contributed by atoms with Gasteiger partial charge in [0.2, 0.25) is 5.91 Å².